The summed E-state index contributed by atoms with van der Waals surface area (Å²) in [5.41, 5.74) is 1.39. The van der Waals surface area contributed by atoms with Crippen LogP contribution in [-0.2, 0) is 20.9 Å². The third-order valence-corrected chi connectivity index (χ3v) is 7.14. The normalized spacial score (nSPS) is 14.0. The number of hydrogen-bond acceptors (Lipinski definition) is 5. The number of amides is 3. The van der Waals surface area contributed by atoms with E-state index in [2.05, 4.69) is 5.32 Å². The van der Waals surface area contributed by atoms with Gasteiger partial charge in [-0.15, -0.1) is 0 Å². The molecular formula is C30H31FN4O4. The minimum absolute atomic E-state index is 0.00589. The highest BCUT2D eigenvalue weighted by Crippen LogP contribution is 2.30. The van der Waals surface area contributed by atoms with Crippen molar-refractivity contribution in [3.8, 4) is 0 Å². The molecule has 1 unspecified atom stereocenters. The van der Waals surface area contributed by atoms with Crippen molar-refractivity contribution in [3.05, 3.63) is 89.7 Å². The number of rotatable bonds is 9. The van der Waals surface area contributed by atoms with Gasteiger partial charge in [0.25, 0.3) is 11.7 Å². The van der Waals surface area contributed by atoms with Gasteiger partial charge in [-0.25, -0.2) is 4.39 Å². The average molecular weight is 531 g/mol. The Morgan fingerprint density at radius 2 is 1.59 bits per heavy atom. The van der Waals surface area contributed by atoms with Gasteiger partial charge in [-0.2, -0.15) is 0 Å². The molecule has 39 heavy (non-hydrogen) atoms. The molecule has 1 aliphatic heterocycles. The molecule has 4 rings (SSSR count). The third kappa shape index (κ3) is 5.52. The van der Waals surface area contributed by atoms with Crippen LogP contribution >= 0.6 is 0 Å². The van der Waals surface area contributed by atoms with E-state index in [1.54, 1.807) is 62.4 Å². The summed E-state index contributed by atoms with van der Waals surface area (Å²) in [6, 6.07) is 19.4. The van der Waals surface area contributed by atoms with E-state index < -0.39 is 41.4 Å². The Morgan fingerprint density at radius 1 is 0.949 bits per heavy atom. The van der Waals surface area contributed by atoms with E-state index in [0.29, 0.717) is 16.9 Å². The molecule has 3 aromatic carbocycles. The number of fused-ring (bicyclic) bond motifs is 1. The molecule has 0 spiro atoms. The molecule has 1 N–H and O–H groups in total. The maximum Gasteiger partial charge on any atom is 0.299 e. The molecular weight excluding hydrogens is 499 g/mol. The van der Waals surface area contributed by atoms with Crippen molar-refractivity contribution in [2.45, 2.75) is 32.4 Å². The summed E-state index contributed by atoms with van der Waals surface area (Å²) in [5, 5.41) is 2.91. The lowest BCUT2D eigenvalue weighted by molar-refractivity contribution is -0.145. The van der Waals surface area contributed by atoms with Crippen LogP contribution in [0.25, 0.3) is 0 Å². The van der Waals surface area contributed by atoms with Crippen LogP contribution in [0.4, 0.5) is 21.5 Å². The van der Waals surface area contributed by atoms with Gasteiger partial charge in [-0.3, -0.25) is 24.1 Å². The topological polar surface area (TPSA) is 90.0 Å². The number of anilines is 3. The number of halogens is 1. The van der Waals surface area contributed by atoms with Gasteiger partial charge >= 0.3 is 0 Å². The number of benzene rings is 3. The number of carbonyl (C=O) groups excluding carboxylic acids is 4. The molecule has 0 bridgehead atoms. The van der Waals surface area contributed by atoms with Gasteiger partial charge in [0.15, 0.2) is 0 Å². The second kappa shape index (κ2) is 11.1. The van der Waals surface area contributed by atoms with Crippen molar-refractivity contribution < 1.29 is 23.6 Å². The van der Waals surface area contributed by atoms with Gasteiger partial charge in [-0.1, -0.05) is 31.2 Å². The summed E-state index contributed by atoms with van der Waals surface area (Å²) >= 11 is 0. The van der Waals surface area contributed by atoms with Crippen LogP contribution in [0.5, 0.6) is 0 Å². The molecule has 0 aliphatic carbocycles. The lowest BCUT2D eigenvalue weighted by Crippen LogP contribution is -2.58. The molecule has 0 aromatic heterocycles. The zero-order valence-corrected chi connectivity index (χ0v) is 22.4. The fourth-order valence-electron chi connectivity index (χ4n) is 4.52. The number of para-hydroxylation sites is 1. The van der Waals surface area contributed by atoms with Crippen LogP contribution in [0.2, 0.25) is 0 Å². The maximum atomic E-state index is 13.9. The zero-order chi connectivity index (χ0) is 28.3. The number of nitrogens with zero attached hydrogens (tertiary/aromatic N) is 3. The Kier molecular flexibility index (Phi) is 7.80. The summed E-state index contributed by atoms with van der Waals surface area (Å²) in [7, 11) is 3.83. The highest BCUT2D eigenvalue weighted by atomic mass is 19.1. The van der Waals surface area contributed by atoms with Gasteiger partial charge in [0.2, 0.25) is 11.8 Å². The maximum absolute atomic E-state index is 13.9. The van der Waals surface area contributed by atoms with Crippen molar-refractivity contribution in [1.82, 2.24) is 4.90 Å². The lowest BCUT2D eigenvalue weighted by atomic mass is 9.93. The summed E-state index contributed by atoms with van der Waals surface area (Å²) < 4.78 is 13.6. The molecule has 1 atom stereocenters. The average Bonchev–Trinajstić information content (AvgIpc) is 3.17. The largest absolute Gasteiger partial charge is 0.378 e. The molecule has 0 fully saturated rings. The second-order valence-electron chi connectivity index (χ2n) is 9.87. The fraction of sp³-hybridized carbons (Fsp3) is 0.267. The molecule has 0 saturated carbocycles. The number of nitrogens with one attached hydrogen (secondary N) is 1. The first kappa shape index (κ1) is 27.5. The van der Waals surface area contributed by atoms with Gasteiger partial charge in [0.1, 0.15) is 17.9 Å². The number of carbonyl (C=O) groups is 4. The minimum atomic E-state index is -1.34. The van der Waals surface area contributed by atoms with E-state index >= 15 is 0 Å². The lowest BCUT2D eigenvalue weighted by Gasteiger charge is -2.40. The number of Topliss-reactive ketones (excluding diaryl/α,β-unsaturated/α-hetero) is 1. The molecule has 202 valence electrons. The molecule has 3 aromatic rings. The van der Waals surface area contributed by atoms with Crippen LogP contribution in [-0.4, -0.2) is 54.6 Å². The van der Waals surface area contributed by atoms with E-state index in [1.807, 2.05) is 31.1 Å². The van der Waals surface area contributed by atoms with Crippen LogP contribution in [0.3, 0.4) is 0 Å². The molecule has 3 amide bonds. The Labute approximate surface area is 227 Å². The van der Waals surface area contributed by atoms with Gasteiger partial charge in [0, 0.05) is 32.0 Å². The van der Waals surface area contributed by atoms with Crippen LogP contribution < -0.4 is 15.1 Å². The van der Waals surface area contributed by atoms with E-state index in [1.165, 1.54) is 17.0 Å². The predicted octanol–water partition coefficient (Wildman–Crippen LogP) is 4.26. The minimum Gasteiger partial charge on any atom is -0.378 e. The number of hydrogen-bond donors (Lipinski definition) is 1. The molecule has 9 heteroatoms. The quantitative estimate of drug-likeness (QED) is 0.418. The SMILES string of the molecule is CCC(C)(C(=O)Nc1ccc(N(C)C)cc1)N(Cc1ccc(F)cc1)C(=O)CN1C(=O)C(=O)c2ccccc21. The van der Waals surface area contributed by atoms with E-state index in [0.717, 1.165) is 10.6 Å². The Morgan fingerprint density at radius 3 is 2.21 bits per heavy atom. The third-order valence-electron chi connectivity index (χ3n) is 7.14. The van der Waals surface area contributed by atoms with Gasteiger partial charge in [-0.05, 0) is 67.4 Å². The summed E-state index contributed by atoms with van der Waals surface area (Å²) in [6.45, 7) is 3.01. The highest BCUT2D eigenvalue weighted by molar-refractivity contribution is 6.52. The predicted molar refractivity (Wildman–Crippen MR) is 148 cm³/mol. The van der Waals surface area contributed by atoms with Crippen molar-refractivity contribution >= 4 is 40.6 Å². The summed E-state index contributed by atoms with van der Waals surface area (Å²) in [6.07, 6.45) is 0.255. The van der Waals surface area contributed by atoms with E-state index in [-0.39, 0.29) is 18.5 Å². The Balaban J connectivity index is 1.65. The smallest absolute Gasteiger partial charge is 0.299 e. The Bertz CT molecular complexity index is 1410. The first-order chi connectivity index (χ1) is 18.5. The van der Waals surface area contributed by atoms with Crippen molar-refractivity contribution in [3.63, 3.8) is 0 Å². The monoisotopic (exact) mass is 530 g/mol. The number of ketones is 1. The standard InChI is InChI=1S/C30H31FN4O4/c1-5-30(2,29(39)32-22-14-16-23(17-15-22)33(3)4)35(18-20-10-12-21(31)13-11-20)26(36)19-34-25-9-7-6-8-24(25)27(37)28(34)38/h6-17H,5,18-19H2,1-4H3,(H,32,39). The Hall–Kier alpha value is -4.53. The molecule has 0 saturated heterocycles. The first-order valence-corrected chi connectivity index (χ1v) is 12.6. The second-order valence-corrected chi connectivity index (χ2v) is 9.87. The molecule has 1 heterocycles. The first-order valence-electron chi connectivity index (χ1n) is 12.6. The van der Waals surface area contributed by atoms with Crippen LogP contribution in [0.1, 0.15) is 36.2 Å². The summed E-state index contributed by atoms with van der Waals surface area (Å²) in [4.78, 5) is 57.3. The van der Waals surface area contributed by atoms with Crippen molar-refractivity contribution in [1.29, 1.82) is 0 Å². The molecule has 8 nitrogen and oxygen atoms in total. The highest BCUT2D eigenvalue weighted by Gasteiger charge is 2.43. The fourth-order valence-corrected chi connectivity index (χ4v) is 4.52. The van der Waals surface area contributed by atoms with Crippen LogP contribution in [0, 0.1) is 5.82 Å². The van der Waals surface area contributed by atoms with Crippen molar-refractivity contribution in [2.24, 2.45) is 0 Å². The van der Waals surface area contributed by atoms with Gasteiger partial charge < -0.3 is 15.1 Å². The van der Waals surface area contributed by atoms with Crippen molar-refractivity contribution in [2.75, 3.05) is 35.8 Å². The van der Waals surface area contributed by atoms with Gasteiger partial charge in [0.05, 0.1) is 11.3 Å². The molecule has 0 radical (unpaired) electrons. The summed E-state index contributed by atoms with van der Waals surface area (Å²) in [5.74, 6) is -2.84. The van der Waals surface area contributed by atoms with Crippen LogP contribution in [0.15, 0.2) is 72.8 Å². The zero-order valence-electron chi connectivity index (χ0n) is 22.4. The van der Waals surface area contributed by atoms with E-state index in [4.69, 9.17) is 0 Å². The van der Waals surface area contributed by atoms with E-state index in [9.17, 15) is 23.6 Å². The molecule has 1 aliphatic rings.